The van der Waals surface area contributed by atoms with E-state index in [2.05, 4.69) is 353 Å². The van der Waals surface area contributed by atoms with E-state index in [9.17, 15) is 0 Å². The van der Waals surface area contributed by atoms with E-state index >= 15 is 0 Å². The molecule has 21 aromatic rings. The third-order valence-corrected chi connectivity index (χ3v) is 22.7. The summed E-state index contributed by atoms with van der Waals surface area (Å²) < 4.78 is 12.5. The molecule has 6 aromatic heterocycles. The third kappa shape index (κ3) is 9.12. The molecule has 0 aliphatic carbocycles. The molecular formula is C93H56N6S2. The van der Waals surface area contributed by atoms with Crippen LogP contribution in [0.15, 0.2) is 340 Å². The van der Waals surface area contributed by atoms with Crippen LogP contribution in [0.2, 0.25) is 0 Å². The Labute approximate surface area is 588 Å². The van der Waals surface area contributed by atoms with Gasteiger partial charge in [-0.1, -0.05) is 255 Å². The van der Waals surface area contributed by atoms with Gasteiger partial charge in [-0.3, -0.25) is 0 Å². The smallest absolute Gasteiger partial charge is 0.164 e. The molecule has 0 bridgehead atoms. The van der Waals surface area contributed by atoms with E-state index < -0.39 is 0 Å². The van der Waals surface area contributed by atoms with E-state index in [1.54, 1.807) is 22.7 Å². The molecule has 101 heavy (non-hydrogen) atoms. The van der Waals surface area contributed by atoms with Crippen LogP contribution in [-0.4, -0.2) is 28.7 Å². The second-order valence-electron chi connectivity index (χ2n) is 26.2. The number of aromatic nitrogens is 6. The van der Waals surface area contributed by atoms with Gasteiger partial charge in [-0.05, 0) is 107 Å². The van der Waals surface area contributed by atoms with Gasteiger partial charge in [0.2, 0.25) is 0 Å². The Morgan fingerprint density at radius 3 is 0.871 bits per heavy atom. The lowest BCUT2D eigenvalue weighted by Crippen LogP contribution is -2.05. The van der Waals surface area contributed by atoms with E-state index in [0.29, 0.717) is 17.5 Å². The van der Waals surface area contributed by atoms with Gasteiger partial charge in [0.1, 0.15) is 0 Å². The van der Waals surface area contributed by atoms with E-state index in [1.165, 1.54) is 61.9 Å². The molecular weight excluding hydrogens is 1270 g/mol. The van der Waals surface area contributed by atoms with Crippen LogP contribution in [0.5, 0.6) is 0 Å². The molecule has 6 heterocycles. The highest BCUT2D eigenvalue weighted by atomic mass is 32.1. The summed E-state index contributed by atoms with van der Waals surface area (Å²) in [5.74, 6) is 1.78. The number of benzene rings is 15. The van der Waals surface area contributed by atoms with E-state index in [-0.39, 0.29) is 0 Å². The highest BCUT2D eigenvalue weighted by Crippen LogP contribution is 2.50. The van der Waals surface area contributed by atoms with Gasteiger partial charge in [0.25, 0.3) is 0 Å². The first-order chi connectivity index (χ1) is 50.1. The van der Waals surface area contributed by atoms with Crippen LogP contribution in [0.3, 0.4) is 0 Å². The zero-order valence-electron chi connectivity index (χ0n) is 54.3. The molecule has 0 saturated carbocycles. The number of hydrogen-bond acceptors (Lipinski definition) is 5. The number of para-hydroxylation sites is 4. The summed E-state index contributed by atoms with van der Waals surface area (Å²) in [5.41, 5.74) is 21.1. The monoisotopic (exact) mass is 1320 g/mol. The van der Waals surface area contributed by atoms with Crippen LogP contribution in [-0.2, 0) is 0 Å². The second-order valence-corrected chi connectivity index (χ2v) is 28.3. The Bertz CT molecular complexity index is 6430. The SMILES string of the molecule is c1ccc(-c2cc3c4cc(-c5ccccc5)c(-n5c6ccccc6c6ccccc65)cc4n(-c4c(-c5ccccc5)cc(-c5nc(-c6ccc7c(c6)sc6ccccc67)nc(-c6ccc7c(c6)sc6ccccc67)n5)cc4-c4ccccc4)c3cc2-n2c3ccccc3c3ccccc32)cc1. The Kier molecular flexibility index (Phi) is 13.0. The molecule has 15 aromatic carbocycles. The molecule has 0 spiro atoms. The maximum atomic E-state index is 5.65. The topological polar surface area (TPSA) is 53.5 Å². The van der Waals surface area contributed by atoms with Crippen molar-refractivity contribution in [3.05, 3.63) is 340 Å². The normalized spacial score (nSPS) is 12.0. The van der Waals surface area contributed by atoms with Crippen molar-refractivity contribution in [2.45, 2.75) is 0 Å². The van der Waals surface area contributed by atoms with Crippen molar-refractivity contribution in [2.75, 3.05) is 0 Å². The number of hydrogen-bond donors (Lipinski definition) is 0. The molecule has 6 nitrogen and oxygen atoms in total. The maximum Gasteiger partial charge on any atom is 0.164 e. The minimum Gasteiger partial charge on any atom is -0.309 e. The lowest BCUT2D eigenvalue weighted by molar-refractivity contribution is 1.07. The highest BCUT2D eigenvalue weighted by Gasteiger charge is 2.29. The van der Waals surface area contributed by atoms with E-state index in [1.807, 2.05) is 0 Å². The summed E-state index contributed by atoms with van der Waals surface area (Å²) in [5, 5.41) is 12.0. The van der Waals surface area contributed by atoms with Crippen molar-refractivity contribution in [2.24, 2.45) is 0 Å². The quantitative estimate of drug-likeness (QED) is 0.137. The predicted molar refractivity (Wildman–Crippen MR) is 427 cm³/mol. The number of nitrogens with zero attached hydrogens (tertiary/aromatic N) is 6. The molecule has 8 heteroatoms. The van der Waals surface area contributed by atoms with E-state index in [4.69, 9.17) is 15.0 Å². The Hall–Kier alpha value is -12.9. The summed E-state index contributed by atoms with van der Waals surface area (Å²) >= 11 is 3.60. The summed E-state index contributed by atoms with van der Waals surface area (Å²) in [6.07, 6.45) is 0. The van der Waals surface area contributed by atoms with Crippen LogP contribution >= 0.6 is 22.7 Å². The molecule has 0 radical (unpaired) electrons. The first kappa shape index (κ1) is 57.2. The molecule has 0 saturated heterocycles. The minimum absolute atomic E-state index is 0.573. The van der Waals surface area contributed by atoms with Crippen molar-refractivity contribution < 1.29 is 0 Å². The molecule has 470 valence electrons. The average molecular weight is 1320 g/mol. The van der Waals surface area contributed by atoms with Crippen LogP contribution in [0.1, 0.15) is 0 Å². The number of rotatable bonds is 10. The summed E-state index contributed by atoms with van der Waals surface area (Å²) in [4.78, 5) is 16.8. The molecule has 21 rings (SSSR count). The van der Waals surface area contributed by atoms with Crippen molar-refractivity contribution in [3.8, 4) is 95.7 Å². The average Bonchev–Trinajstić information content (AvgIpc) is 1.56. The van der Waals surface area contributed by atoms with Gasteiger partial charge in [-0.15, -0.1) is 22.7 Å². The summed E-state index contributed by atoms with van der Waals surface area (Å²) in [6.45, 7) is 0. The number of fused-ring (bicyclic) bond motifs is 15. The summed E-state index contributed by atoms with van der Waals surface area (Å²) in [6, 6.07) is 125. The van der Waals surface area contributed by atoms with Crippen LogP contribution in [0.25, 0.3) is 201 Å². The fraction of sp³-hybridized carbons (Fsp3) is 0. The zero-order chi connectivity index (χ0) is 66.2. The van der Waals surface area contributed by atoms with Gasteiger partial charge in [0.05, 0.1) is 50.2 Å². The van der Waals surface area contributed by atoms with Gasteiger partial charge in [0.15, 0.2) is 17.5 Å². The largest absolute Gasteiger partial charge is 0.309 e. The van der Waals surface area contributed by atoms with Crippen molar-refractivity contribution in [3.63, 3.8) is 0 Å². The van der Waals surface area contributed by atoms with Gasteiger partial charge in [0, 0.05) is 112 Å². The van der Waals surface area contributed by atoms with E-state index in [0.717, 1.165) is 122 Å². The van der Waals surface area contributed by atoms with Crippen LogP contribution in [0, 0.1) is 0 Å². The molecule has 0 N–H and O–H groups in total. The zero-order valence-corrected chi connectivity index (χ0v) is 56.0. The standard InChI is InChI=1S/C93H56N6S2/c1-5-25-57(26-6-1)72-53-76-77-54-73(58-27-7-2-8-28-58)83(98-80-41-21-15-35-66(80)67-36-16-22-42-81(67)98)56-85(77)99(84(76)55-82(72)97-78-39-19-13-33-64(78)65-34-14-20-40-79(65)97)90-74(59-29-9-3-10-30-59)49-63(50-75(90)60-31-11-4-12-32-60)93-95-91(61-45-47-70-68-37-17-23-43-86(68)100-88(70)51-61)94-92(96-93)62-46-48-71-69-38-18-24-44-87(69)101-89(71)52-62/h1-56H. The Morgan fingerprint density at radius 2 is 0.495 bits per heavy atom. The van der Waals surface area contributed by atoms with Gasteiger partial charge >= 0.3 is 0 Å². The molecule has 0 unspecified atom stereocenters. The van der Waals surface area contributed by atoms with Crippen LogP contribution in [0.4, 0.5) is 0 Å². The van der Waals surface area contributed by atoms with Crippen molar-refractivity contribution in [1.29, 1.82) is 0 Å². The fourth-order valence-corrected chi connectivity index (χ4v) is 18.2. The maximum absolute atomic E-state index is 5.65. The first-order valence-corrected chi connectivity index (χ1v) is 35.9. The molecule has 0 amide bonds. The Morgan fingerprint density at radius 1 is 0.188 bits per heavy atom. The van der Waals surface area contributed by atoms with Gasteiger partial charge < -0.3 is 13.7 Å². The first-order valence-electron chi connectivity index (χ1n) is 34.2. The highest BCUT2D eigenvalue weighted by molar-refractivity contribution is 7.26. The van der Waals surface area contributed by atoms with Crippen molar-refractivity contribution >= 4 is 128 Å². The molecule has 0 aliphatic heterocycles. The molecule has 0 fully saturated rings. The predicted octanol–water partition coefficient (Wildman–Crippen LogP) is 25.6. The second kappa shape index (κ2) is 22.9. The third-order valence-electron chi connectivity index (χ3n) is 20.5. The van der Waals surface area contributed by atoms with Gasteiger partial charge in [-0.25, -0.2) is 15.0 Å². The Balaban J connectivity index is 0.911. The molecule has 0 atom stereocenters. The molecule has 0 aliphatic rings. The summed E-state index contributed by atoms with van der Waals surface area (Å²) in [7, 11) is 0. The minimum atomic E-state index is 0.573. The lowest BCUT2D eigenvalue weighted by atomic mass is 9.92. The van der Waals surface area contributed by atoms with Crippen LogP contribution < -0.4 is 0 Å². The van der Waals surface area contributed by atoms with Crippen molar-refractivity contribution in [1.82, 2.24) is 28.7 Å². The fourth-order valence-electron chi connectivity index (χ4n) is 15.9. The lowest BCUT2D eigenvalue weighted by Gasteiger charge is -2.22. The number of thiophene rings is 2. The van der Waals surface area contributed by atoms with Gasteiger partial charge in [-0.2, -0.15) is 0 Å².